The smallest absolute Gasteiger partial charge is 0.151 e. The zero-order valence-corrected chi connectivity index (χ0v) is 14.6. The summed E-state index contributed by atoms with van der Waals surface area (Å²) in [6.45, 7) is 4.62. The number of aryl methyl sites for hydroxylation is 1. The molecule has 0 bridgehead atoms. The molecule has 0 amide bonds. The van der Waals surface area contributed by atoms with Crippen molar-refractivity contribution >= 4 is 5.82 Å². The Labute approximate surface area is 148 Å². The summed E-state index contributed by atoms with van der Waals surface area (Å²) in [5.74, 6) is 1.70. The molecule has 2 aromatic rings. The van der Waals surface area contributed by atoms with E-state index in [4.69, 9.17) is 4.74 Å². The number of aromatic nitrogens is 2. The van der Waals surface area contributed by atoms with Gasteiger partial charge in [-0.05, 0) is 44.0 Å². The number of benzene rings is 1. The number of rotatable bonds is 7. The van der Waals surface area contributed by atoms with Gasteiger partial charge in [-0.15, -0.1) is 5.10 Å². The van der Waals surface area contributed by atoms with E-state index in [1.807, 2.05) is 49.4 Å². The Morgan fingerprint density at radius 2 is 2.08 bits per heavy atom. The number of hydrogen-bond donors (Lipinski definition) is 2. The molecule has 3 rings (SSSR count). The van der Waals surface area contributed by atoms with Crippen molar-refractivity contribution in [2.75, 3.05) is 31.1 Å². The van der Waals surface area contributed by atoms with Crippen LogP contribution in [0.3, 0.4) is 0 Å². The van der Waals surface area contributed by atoms with E-state index in [9.17, 15) is 5.11 Å². The molecule has 134 valence electrons. The fraction of sp³-hybridized carbons (Fsp3) is 0.474. The predicted octanol–water partition coefficient (Wildman–Crippen LogP) is 1.78. The lowest BCUT2D eigenvalue weighted by Crippen LogP contribution is -2.48. The van der Waals surface area contributed by atoms with Crippen LogP contribution in [0.25, 0.3) is 0 Å². The quantitative estimate of drug-likeness (QED) is 0.799. The molecular weight excluding hydrogens is 316 g/mol. The van der Waals surface area contributed by atoms with Crippen molar-refractivity contribution in [1.82, 2.24) is 15.5 Å². The van der Waals surface area contributed by atoms with E-state index in [2.05, 4.69) is 20.4 Å². The van der Waals surface area contributed by atoms with Gasteiger partial charge in [-0.2, -0.15) is 5.10 Å². The second-order valence-electron chi connectivity index (χ2n) is 6.50. The summed E-state index contributed by atoms with van der Waals surface area (Å²) >= 11 is 0. The molecule has 0 spiro atoms. The highest BCUT2D eigenvalue weighted by molar-refractivity contribution is 5.38. The van der Waals surface area contributed by atoms with Crippen molar-refractivity contribution in [3.63, 3.8) is 0 Å². The number of para-hydroxylation sites is 1. The van der Waals surface area contributed by atoms with Crippen LogP contribution >= 0.6 is 0 Å². The molecule has 25 heavy (non-hydrogen) atoms. The van der Waals surface area contributed by atoms with Crippen LogP contribution in [0.15, 0.2) is 42.5 Å². The Bertz CT molecular complexity index is 636. The van der Waals surface area contributed by atoms with Crippen molar-refractivity contribution in [3.05, 3.63) is 48.2 Å². The Balaban J connectivity index is 1.42. The molecule has 0 radical (unpaired) electrons. The molecule has 1 aliphatic heterocycles. The van der Waals surface area contributed by atoms with E-state index < -0.39 is 6.10 Å². The molecule has 6 heteroatoms. The SMILES string of the molecule is Cc1ccc(N2CCC[C@@H](NC[C@@H](O)COc3ccccc3)C2)nn1. The molecule has 2 N–H and O–H groups in total. The van der Waals surface area contributed by atoms with Crippen LogP contribution in [0.1, 0.15) is 18.5 Å². The number of nitrogens with one attached hydrogen (secondary N) is 1. The van der Waals surface area contributed by atoms with Crippen LogP contribution in [-0.2, 0) is 0 Å². The number of anilines is 1. The number of aliphatic hydroxyl groups excluding tert-OH is 1. The van der Waals surface area contributed by atoms with Crippen LogP contribution in [0.5, 0.6) is 5.75 Å². The third kappa shape index (κ3) is 5.41. The van der Waals surface area contributed by atoms with Gasteiger partial charge in [-0.1, -0.05) is 18.2 Å². The third-order valence-electron chi connectivity index (χ3n) is 4.36. The lowest BCUT2D eigenvalue weighted by Gasteiger charge is -2.34. The minimum atomic E-state index is -0.533. The lowest BCUT2D eigenvalue weighted by atomic mass is 10.1. The van der Waals surface area contributed by atoms with E-state index in [0.29, 0.717) is 12.6 Å². The van der Waals surface area contributed by atoms with Gasteiger partial charge in [-0.3, -0.25) is 0 Å². The van der Waals surface area contributed by atoms with Crippen LogP contribution in [-0.4, -0.2) is 53.7 Å². The number of hydrogen-bond acceptors (Lipinski definition) is 6. The van der Waals surface area contributed by atoms with E-state index in [1.165, 1.54) is 0 Å². The maximum absolute atomic E-state index is 10.1. The third-order valence-corrected chi connectivity index (χ3v) is 4.36. The Kier molecular flexibility index (Phi) is 6.19. The number of nitrogens with zero attached hydrogens (tertiary/aromatic N) is 3. The largest absolute Gasteiger partial charge is 0.491 e. The number of aliphatic hydroxyl groups is 1. The first-order valence-corrected chi connectivity index (χ1v) is 8.85. The van der Waals surface area contributed by atoms with Crippen molar-refractivity contribution in [2.24, 2.45) is 0 Å². The first-order chi connectivity index (χ1) is 12.2. The highest BCUT2D eigenvalue weighted by Crippen LogP contribution is 2.17. The van der Waals surface area contributed by atoms with Crippen LogP contribution in [0.2, 0.25) is 0 Å². The highest BCUT2D eigenvalue weighted by atomic mass is 16.5. The van der Waals surface area contributed by atoms with Crippen molar-refractivity contribution in [3.8, 4) is 5.75 Å². The van der Waals surface area contributed by atoms with Gasteiger partial charge in [0.25, 0.3) is 0 Å². The molecule has 1 aromatic heterocycles. The average Bonchev–Trinajstić information content (AvgIpc) is 2.66. The zero-order valence-electron chi connectivity index (χ0n) is 14.6. The number of ether oxygens (including phenoxy) is 1. The minimum absolute atomic E-state index is 0.289. The molecule has 2 atom stereocenters. The normalized spacial score (nSPS) is 18.8. The average molecular weight is 342 g/mol. The van der Waals surface area contributed by atoms with Gasteiger partial charge >= 0.3 is 0 Å². The Hall–Kier alpha value is -2.18. The summed E-state index contributed by atoms with van der Waals surface area (Å²) < 4.78 is 5.59. The molecule has 6 nitrogen and oxygen atoms in total. The van der Waals surface area contributed by atoms with Gasteiger partial charge in [0.2, 0.25) is 0 Å². The Morgan fingerprint density at radius 1 is 1.24 bits per heavy atom. The maximum Gasteiger partial charge on any atom is 0.151 e. The molecule has 1 saturated heterocycles. The second-order valence-corrected chi connectivity index (χ2v) is 6.50. The summed E-state index contributed by atoms with van der Waals surface area (Å²) in [6.07, 6.45) is 1.67. The monoisotopic (exact) mass is 342 g/mol. The highest BCUT2D eigenvalue weighted by Gasteiger charge is 2.21. The van der Waals surface area contributed by atoms with Gasteiger partial charge in [0.15, 0.2) is 5.82 Å². The Morgan fingerprint density at radius 3 is 2.84 bits per heavy atom. The predicted molar refractivity (Wildman–Crippen MR) is 98.0 cm³/mol. The molecule has 0 unspecified atom stereocenters. The van der Waals surface area contributed by atoms with Crippen molar-refractivity contribution < 1.29 is 9.84 Å². The first-order valence-electron chi connectivity index (χ1n) is 8.85. The molecular formula is C19H26N4O2. The molecule has 0 aliphatic carbocycles. The van der Waals surface area contributed by atoms with E-state index >= 15 is 0 Å². The van der Waals surface area contributed by atoms with E-state index in [-0.39, 0.29) is 6.61 Å². The summed E-state index contributed by atoms with van der Waals surface area (Å²) in [6, 6.07) is 13.9. The second kappa shape index (κ2) is 8.78. The fourth-order valence-corrected chi connectivity index (χ4v) is 2.98. The van der Waals surface area contributed by atoms with E-state index in [1.54, 1.807) is 0 Å². The van der Waals surface area contributed by atoms with Crippen molar-refractivity contribution in [2.45, 2.75) is 31.9 Å². The molecule has 1 aliphatic rings. The van der Waals surface area contributed by atoms with Gasteiger partial charge < -0.3 is 20.1 Å². The van der Waals surface area contributed by atoms with Crippen LogP contribution in [0.4, 0.5) is 5.82 Å². The topological polar surface area (TPSA) is 70.5 Å². The lowest BCUT2D eigenvalue weighted by molar-refractivity contribution is 0.103. The van der Waals surface area contributed by atoms with E-state index in [0.717, 1.165) is 43.2 Å². The van der Waals surface area contributed by atoms with Gasteiger partial charge in [-0.25, -0.2) is 0 Å². The van der Waals surface area contributed by atoms with Crippen LogP contribution in [0, 0.1) is 6.92 Å². The summed E-state index contributed by atoms with van der Waals surface area (Å²) in [5.41, 5.74) is 0.928. The zero-order chi connectivity index (χ0) is 17.5. The maximum atomic E-state index is 10.1. The minimum Gasteiger partial charge on any atom is -0.491 e. The standard InChI is InChI=1S/C19H26N4O2/c1-15-9-10-19(22-21-15)23-11-5-6-16(13-23)20-12-17(24)14-25-18-7-3-2-4-8-18/h2-4,7-10,16-17,20,24H,5-6,11-14H2,1H3/t16-,17-/m1/s1. The van der Waals surface area contributed by atoms with Crippen LogP contribution < -0.4 is 15.0 Å². The van der Waals surface area contributed by atoms with Gasteiger partial charge in [0.05, 0.1) is 5.69 Å². The molecule has 0 saturated carbocycles. The summed E-state index contributed by atoms with van der Waals surface area (Å²) in [7, 11) is 0. The first kappa shape index (κ1) is 17.6. The molecule has 1 fully saturated rings. The summed E-state index contributed by atoms with van der Waals surface area (Å²) in [5, 5.41) is 22.0. The molecule has 2 heterocycles. The number of piperidine rings is 1. The summed E-state index contributed by atoms with van der Waals surface area (Å²) in [4.78, 5) is 2.25. The van der Waals surface area contributed by atoms with Gasteiger partial charge in [0, 0.05) is 25.7 Å². The van der Waals surface area contributed by atoms with Crippen molar-refractivity contribution in [1.29, 1.82) is 0 Å². The molecule has 1 aromatic carbocycles. The fourth-order valence-electron chi connectivity index (χ4n) is 2.98. The van der Waals surface area contributed by atoms with Gasteiger partial charge in [0.1, 0.15) is 18.5 Å².